The zero-order valence-corrected chi connectivity index (χ0v) is 14.2. The zero-order chi connectivity index (χ0) is 16.4. The molecule has 3 rings (SSSR count). The summed E-state index contributed by atoms with van der Waals surface area (Å²) in [6, 6.07) is 8.94. The molecule has 0 saturated heterocycles. The van der Waals surface area contributed by atoms with Crippen molar-refractivity contribution in [1.82, 2.24) is 9.97 Å². The SMILES string of the molecule is C[C@@H](Sc1nc2ccccc2o1)C(=O)Nc1ncc(Cl)cc1Cl. The Morgan fingerprint density at radius 1 is 1.35 bits per heavy atom. The van der Waals surface area contributed by atoms with Crippen LogP contribution in [0.1, 0.15) is 6.92 Å². The van der Waals surface area contributed by atoms with Crippen molar-refractivity contribution in [1.29, 1.82) is 0 Å². The molecule has 0 radical (unpaired) electrons. The van der Waals surface area contributed by atoms with Crippen molar-refractivity contribution in [2.24, 2.45) is 0 Å². The van der Waals surface area contributed by atoms with Gasteiger partial charge in [0.25, 0.3) is 5.22 Å². The highest BCUT2D eigenvalue weighted by molar-refractivity contribution is 8.00. The molecule has 8 heteroatoms. The third-order valence-corrected chi connectivity index (χ3v) is 4.41. The fourth-order valence-electron chi connectivity index (χ4n) is 1.83. The quantitative estimate of drug-likeness (QED) is 0.679. The Hall–Kier alpha value is -1.76. The number of carbonyl (C=O) groups is 1. The van der Waals surface area contributed by atoms with Crippen LogP contribution in [0.25, 0.3) is 11.1 Å². The minimum atomic E-state index is -0.434. The zero-order valence-electron chi connectivity index (χ0n) is 11.9. The van der Waals surface area contributed by atoms with Gasteiger partial charge >= 0.3 is 0 Å². The van der Waals surface area contributed by atoms with Crippen LogP contribution in [0.3, 0.4) is 0 Å². The van der Waals surface area contributed by atoms with Gasteiger partial charge in [0.05, 0.1) is 15.3 Å². The van der Waals surface area contributed by atoms with Crippen LogP contribution in [-0.4, -0.2) is 21.1 Å². The van der Waals surface area contributed by atoms with Crippen molar-refractivity contribution in [2.45, 2.75) is 17.4 Å². The summed E-state index contributed by atoms with van der Waals surface area (Å²) in [5, 5.41) is 3.35. The molecule has 0 fully saturated rings. The normalized spacial score (nSPS) is 12.3. The van der Waals surface area contributed by atoms with E-state index in [9.17, 15) is 4.79 Å². The second-order valence-electron chi connectivity index (χ2n) is 4.68. The average molecular weight is 368 g/mol. The number of rotatable bonds is 4. The van der Waals surface area contributed by atoms with E-state index in [1.165, 1.54) is 24.0 Å². The van der Waals surface area contributed by atoms with E-state index in [0.29, 0.717) is 15.8 Å². The fourth-order valence-corrected chi connectivity index (χ4v) is 3.02. The number of para-hydroxylation sites is 2. The van der Waals surface area contributed by atoms with Crippen molar-refractivity contribution in [3.05, 3.63) is 46.6 Å². The number of anilines is 1. The molecular formula is C15H11Cl2N3O2S. The molecule has 0 aliphatic heterocycles. The first-order valence-electron chi connectivity index (χ1n) is 6.67. The van der Waals surface area contributed by atoms with Crippen molar-refractivity contribution in [3.63, 3.8) is 0 Å². The molecule has 118 valence electrons. The van der Waals surface area contributed by atoms with Gasteiger partial charge < -0.3 is 9.73 Å². The van der Waals surface area contributed by atoms with Gasteiger partial charge in [0.1, 0.15) is 5.52 Å². The topological polar surface area (TPSA) is 68.0 Å². The molecule has 1 aromatic carbocycles. The van der Waals surface area contributed by atoms with E-state index in [0.717, 1.165) is 5.52 Å². The highest BCUT2D eigenvalue weighted by Gasteiger charge is 2.19. The van der Waals surface area contributed by atoms with Gasteiger partial charge in [-0.25, -0.2) is 9.97 Å². The van der Waals surface area contributed by atoms with Gasteiger partial charge in [0, 0.05) is 6.20 Å². The number of aromatic nitrogens is 2. The summed E-state index contributed by atoms with van der Waals surface area (Å²) in [6.45, 7) is 1.75. The van der Waals surface area contributed by atoms with Gasteiger partial charge in [-0.15, -0.1) is 0 Å². The van der Waals surface area contributed by atoms with Crippen molar-refractivity contribution in [3.8, 4) is 0 Å². The fraction of sp³-hybridized carbons (Fsp3) is 0.133. The lowest BCUT2D eigenvalue weighted by molar-refractivity contribution is -0.115. The monoisotopic (exact) mass is 367 g/mol. The second kappa shape index (κ2) is 6.78. The summed E-state index contributed by atoms with van der Waals surface area (Å²) < 4.78 is 5.59. The van der Waals surface area contributed by atoms with Crippen LogP contribution in [0.4, 0.5) is 5.82 Å². The molecule has 0 spiro atoms. The van der Waals surface area contributed by atoms with Crippen molar-refractivity contribution < 1.29 is 9.21 Å². The number of hydrogen-bond acceptors (Lipinski definition) is 5. The maximum atomic E-state index is 12.2. The number of amides is 1. The number of nitrogens with one attached hydrogen (secondary N) is 1. The summed E-state index contributed by atoms with van der Waals surface area (Å²) in [7, 11) is 0. The molecular weight excluding hydrogens is 357 g/mol. The van der Waals surface area contributed by atoms with E-state index >= 15 is 0 Å². The molecule has 23 heavy (non-hydrogen) atoms. The van der Waals surface area contributed by atoms with Gasteiger partial charge in [0.2, 0.25) is 5.91 Å². The molecule has 3 aromatic rings. The molecule has 0 aliphatic rings. The lowest BCUT2D eigenvalue weighted by atomic mass is 10.3. The molecule has 5 nitrogen and oxygen atoms in total. The largest absolute Gasteiger partial charge is 0.431 e. The molecule has 0 aliphatic carbocycles. The predicted octanol–water partition coefficient (Wildman–Crippen LogP) is 4.65. The van der Waals surface area contributed by atoms with E-state index in [1.807, 2.05) is 24.3 Å². The van der Waals surface area contributed by atoms with E-state index in [-0.39, 0.29) is 16.7 Å². The number of thioether (sulfide) groups is 1. The van der Waals surface area contributed by atoms with Gasteiger partial charge in [-0.3, -0.25) is 4.79 Å². The van der Waals surface area contributed by atoms with Crippen LogP contribution in [0.5, 0.6) is 0 Å². The minimum absolute atomic E-state index is 0.256. The molecule has 2 aromatic heterocycles. The lowest BCUT2D eigenvalue weighted by Gasteiger charge is -2.10. The van der Waals surface area contributed by atoms with E-state index in [4.69, 9.17) is 27.6 Å². The second-order valence-corrected chi connectivity index (χ2v) is 6.82. The highest BCUT2D eigenvalue weighted by Crippen LogP contribution is 2.28. The van der Waals surface area contributed by atoms with Crippen molar-refractivity contribution >= 4 is 57.8 Å². The first kappa shape index (κ1) is 16.1. The van der Waals surface area contributed by atoms with E-state index < -0.39 is 5.25 Å². The summed E-state index contributed by atoms with van der Waals surface area (Å²) in [5.41, 5.74) is 1.44. The number of carbonyl (C=O) groups excluding carboxylic acids is 1. The third kappa shape index (κ3) is 3.77. The summed E-state index contributed by atoms with van der Waals surface area (Å²) in [5.74, 6) is 0.0139. The Balaban J connectivity index is 1.69. The average Bonchev–Trinajstić information content (AvgIpc) is 2.92. The summed E-state index contributed by atoms with van der Waals surface area (Å²) >= 11 is 13.0. The highest BCUT2D eigenvalue weighted by atomic mass is 35.5. The molecule has 0 saturated carbocycles. The number of oxazole rings is 1. The van der Waals surface area contributed by atoms with Crippen LogP contribution < -0.4 is 5.32 Å². The molecule has 1 atom stereocenters. The summed E-state index contributed by atoms with van der Waals surface area (Å²) in [4.78, 5) is 20.6. The number of pyridine rings is 1. The van der Waals surface area contributed by atoms with E-state index in [2.05, 4.69) is 15.3 Å². The molecule has 0 bridgehead atoms. The van der Waals surface area contributed by atoms with Crippen LogP contribution in [0, 0.1) is 0 Å². The van der Waals surface area contributed by atoms with Crippen molar-refractivity contribution in [2.75, 3.05) is 5.32 Å². The molecule has 2 heterocycles. The first-order valence-corrected chi connectivity index (χ1v) is 8.30. The van der Waals surface area contributed by atoms with Gasteiger partial charge in [-0.2, -0.15) is 0 Å². The third-order valence-electron chi connectivity index (χ3n) is 2.97. The number of hydrogen-bond donors (Lipinski definition) is 1. The van der Waals surface area contributed by atoms with Gasteiger partial charge in [-0.1, -0.05) is 47.1 Å². The maximum Gasteiger partial charge on any atom is 0.257 e. The maximum absolute atomic E-state index is 12.2. The van der Waals surface area contributed by atoms with Crippen LogP contribution >= 0.6 is 35.0 Å². The van der Waals surface area contributed by atoms with Crippen LogP contribution in [0.15, 0.2) is 46.2 Å². The van der Waals surface area contributed by atoms with E-state index in [1.54, 1.807) is 6.92 Å². The standard InChI is InChI=1S/C15H11Cl2N3O2S/c1-8(14(21)20-13-10(17)6-9(16)7-18-13)23-15-19-11-4-2-3-5-12(11)22-15/h2-8H,1H3,(H,18,20,21)/t8-/m1/s1. The first-order chi connectivity index (χ1) is 11.0. The molecule has 1 N–H and O–H groups in total. The van der Waals surface area contributed by atoms with Gasteiger partial charge in [-0.05, 0) is 25.1 Å². The Kier molecular flexibility index (Phi) is 4.75. The molecule has 1 amide bonds. The Bertz CT molecular complexity index is 836. The Morgan fingerprint density at radius 3 is 2.87 bits per heavy atom. The number of benzene rings is 1. The Labute approximate surface area is 146 Å². The van der Waals surface area contributed by atoms with Gasteiger partial charge in [0.15, 0.2) is 11.4 Å². The smallest absolute Gasteiger partial charge is 0.257 e. The summed E-state index contributed by atoms with van der Waals surface area (Å²) in [6.07, 6.45) is 1.42. The van der Waals surface area contributed by atoms with Crippen LogP contribution in [0.2, 0.25) is 10.0 Å². The molecule has 0 unspecified atom stereocenters. The number of fused-ring (bicyclic) bond motifs is 1. The number of halogens is 2. The number of nitrogens with zero attached hydrogens (tertiary/aromatic N) is 2. The lowest BCUT2D eigenvalue weighted by Crippen LogP contribution is -2.23. The van der Waals surface area contributed by atoms with Crippen LogP contribution in [-0.2, 0) is 4.79 Å². The predicted molar refractivity (Wildman–Crippen MR) is 92.2 cm³/mol. The minimum Gasteiger partial charge on any atom is -0.431 e. The Morgan fingerprint density at radius 2 is 2.13 bits per heavy atom.